The van der Waals surface area contributed by atoms with Gasteiger partial charge in [0.1, 0.15) is 6.04 Å². The SMILES string of the molecule is O=C(CC1CC2CCC(C1)N2)NC1CCCN(c2ccccc2Cl)C1=O. The van der Waals surface area contributed by atoms with E-state index in [0.29, 0.717) is 42.4 Å². The van der Waals surface area contributed by atoms with E-state index in [2.05, 4.69) is 10.6 Å². The number of anilines is 1. The molecule has 26 heavy (non-hydrogen) atoms. The van der Waals surface area contributed by atoms with Crippen LogP contribution in [0.5, 0.6) is 0 Å². The van der Waals surface area contributed by atoms with E-state index < -0.39 is 6.04 Å². The molecule has 140 valence electrons. The monoisotopic (exact) mass is 375 g/mol. The first kappa shape index (κ1) is 17.8. The lowest BCUT2D eigenvalue weighted by Crippen LogP contribution is -2.53. The number of carbonyl (C=O) groups is 2. The van der Waals surface area contributed by atoms with E-state index in [4.69, 9.17) is 11.6 Å². The molecule has 3 heterocycles. The predicted molar refractivity (Wildman–Crippen MR) is 102 cm³/mol. The van der Waals surface area contributed by atoms with Crippen molar-refractivity contribution in [1.82, 2.24) is 10.6 Å². The Labute approximate surface area is 159 Å². The molecule has 0 spiro atoms. The molecule has 3 aliphatic rings. The summed E-state index contributed by atoms with van der Waals surface area (Å²) < 4.78 is 0. The van der Waals surface area contributed by atoms with Crippen molar-refractivity contribution < 1.29 is 9.59 Å². The third-order valence-electron chi connectivity index (χ3n) is 5.96. The van der Waals surface area contributed by atoms with Gasteiger partial charge in [-0.25, -0.2) is 0 Å². The molecular formula is C20H26ClN3O2. The lowest BCUT2D eigenvalue weighted by molar-refractivity contribution is -0.129. The van der Waals surface area contributed by atoms with Gasteiger partial charge in [-0.05, 0) is 56.6 Å². The molecule has 0 radical (unpaired) electrons. The zero-order valence-corrected chi connectivity index (χ0v) is 15.7. The highest BCUT2D eigenvalue weighted by Crippen LogP contribution is 2.33. The summed E-state index contributed by atoms with van der Waals surface area (Å²) in [5.41, 5.74) is 0.730. The highest BCUT2D eigenvalue weighted by molar-refractivity contribution is 6.33. The van der Waals surface area contributed by atoms with Crippen LogP contribution in [-0.2, 0) is 9.59 Å². The zero-order valence-electron chi connectivity index (χ0n) is 14.9. The van der Waals surface area contributed by atoms with E-state index in [1.165, 1.54) is 12.8 Å². The Hall–Kier alpha value is -1.59. The van der Waals surface area contributed by atoms with Crippen molar-refractivity contribution in [3.8, 4) is 0 Å². The summed E-state index contributed by atoms with van der Waals surface area (Å²) in [6.07, 6.45) is 6.71. The molecule has 3 aliphatic heterocycles. The quantitative estimate of drug-likeness (QED) is 0.850. The first-order valence-corrected chi connectivity index (χ1v) is 10.1. The van der Waals surface area contributed by atoms with Crippen LogP contribution in [0.4, 0.5) is 5.69 Å². The van der Waals surface area contributed by atoms with Crippen molar-refractivity contribution in [2.75, 3.05) is 11.4 Å². The predicted octanol–water partition coefficient (Wildman–Crippen LogP) is 2.87. The summed E-state index contributed by atoms with van der Waals surface area (Å²) in [5.74, 6) is 0.394. The average molecular weight is 376 g/mol. The molecule has 1 aromatic rings. The number of halogens is 1. The van der Waals surface area contributed by atoms with Crippen LogP contribution in [0.3, 0.4) is 0 Å². The van der Waals surface area contributed by atoms with Crippen LogP contribution >= 0.6 is 11.6 Å². The second kappa shape index (κ2) is 7.57. The minimum atomic E-state index is -0.439. The Morgan fingerprint density at radius 1 is 1.19 bits per heavy atom. The van der Waals surface area contributed by atoms with Gasteiger partial charge in [-0.2, -0.15) is 0 Å². The fourth-order valence-corrected chi connectivity index (χ4v) is 5.01. The normalized spacial score (nSPS) is 31.1. The number of amides is 2. The lowest BCUT2D eigenvalue weighted by atomic mass is 9.89. The van der Waals surface area contributed by atoms with E-state index in [-0.39, 0.29) is 11.8 Å². The van der Waals surface area contributed by atoms with Crippen LogP contribution < -0.4 is 15.5 Å². The molecule has 2 N–H and O–H groups in total. The molecular weight excluding hydrogens is 350 g/mol. The third kappa shape index (κ3) is 3.74. The summed E-state index contributed by atoms with van der Waals surface area (Å²) in [6, 6.07) is 8.10. The van der Waals surface area contributed by atoms with Gasteiger partial charge in [0.05, 0.1) is 10.7 Å². The van der Waals surface area contributed by atoms with Crippen molar-refractivity contribution >= 4 is 29.1 Å². The Bertz CT molecular complexity index is 683. The first-order chi connectivity index (χ1) is 12.6. The second-order valence-electron chi connectivity index (χ2n) is 7.88. The Morgan fingerprint density at radius 2 is 1.92 bits per heavy atom. The van der Waals surface area contributed by atoms with Gasteiger partial charge in [-0.15, -0.1) is 0 Å². The van der Waals surface area contributed by atoms with Crippen LogP contribution in [0.1, 0.15) is 44.9 Å². The number of piperidine rings is 2. The fraction of sp³-hybridized carbons (Fsp3) is 0.600. The summed E-state index contributed by atoms with van der Waals surface area (Å²) >= 11 is 6.25. The number of hydrogen-bond acceptors (Lipinski definition) is 3. The molecule has 3 fully saturated rings. The number of nitrogens with one attached hydrogen (secondary N) is 2. The molecule has 3 saturated heterocycles. The number of nitrogens with zero attached hydrogens (tertiary/aromatic N) is 1. The molecule has 4 rings (SSSR count). The second-order valence-corrected chi connectivity index (χ2v) is 8.29. The average Bonchev–Trinajstić information content (AvgIpc) is 2.96. The summed E-state index contributed by atoms with van der Waals surface area (Å²) in [6.45, 7) is 0.645. The van der Waals surface area contributed by atoms with Gasteiger partial charge in [0.15, 0.2) is 0 Å². The van der Waals surface area contributed by atoms with E-state index in [0.717, 1.165) is 24.9 Å². The van der Waals surface area contributed by atoms with Crippen molar-refractivity contribution in [3.63, 3.8) is 0 Å². The van der Waals surface area contributed by atoms with Crippen molar-refractivity contribution in [2.24, 2.45) is 5.92 Å². The molecule has 0 aromatic heterocycles. The van der Waals surface area contributed by atoms with Crippen LogP contribution in [-0.4, -0.2) is 36.5 Å². The molecule has 0 aliphatic carbocycles. The van der Waals surface area contributed by atoms with Crippen LogP contribution in [0.2, 0.25) is 5.02 Å². The van der Waals surface area contributed by atoms with Crippen molar-refractivity contribution in [2.45, 2.75) is 63.1 Å². The van der Waals surface area contributed by atoms with Crippen molar-refractivity contribution in [1.29, 1.82) is 0 Å². The highest BCUT2D eigenvalue weighted by atomic mass is 35.5. The zero-order chi connectivity index (χ0) is 18.1. The van der Waals surface area contributed by atoms with Gasteiger partial charge in [0.25, 0.3) is 0 Å². The maximum absolute atomic E-state index is 12.9. The molecule has 2 amide bonds. The van der Waals surface area contributed by atoms with Crippen LogP contribution in [0.25, 0.3) is 0 Å². The standard InChI is InChI=1S/C20H26ClN3O2/c21-16-4-1-2-6-18(16)24-9-3-5-17(20(24)26)23-19(25)12-13-10-14-7-8-15(11-13)22-14/h1-2,4,6,13-15,17,22H,3,5,7-12H2,(H,23,25). The van der Waals surface area contributed by atoms with E-state index in [9.17, 15) is 9.59 Å². The number of benzene rings is 1. The fourth-order valence-electron chi connectivity index (χ4n) is 4.78. The van der Waals surface area contributed by atoms with Gasteiger partial charge >= 0.3 is 0 Å². The number of hydrogen-bond donors (Lipinski definition) is 2. The van der Waals surface area contributed by atoms with E-state index in [1.54, 1.807) is 11.0 Å². The number of fused-ring (bicyclic) bond motifs is 2. The maximum Gasteiger partial charge on any atom is 0.249 e. The molecule has 5 nitrogen and oxygen atoms in total. The maximum atomic E-state index is 12.9. The van der Waals surface area contributed by atoms with Gasteiger partial charge in [0.2, 0.25) is 11.8 Å². The van der Waals surface area contributed by atoms with E-state index in [1.807, 2.05) is 18.2 Å². The third-order valence-corrected chi connectivity index (χ3v) is 6.28. The smallest absolute Gasteiger partial charge is 0.249 e. The van der Waals surface area contributed by atoms with Gasteiger partial charge < -0.3 is 15.5 Å². The molecule has 1 aromatic carbocycles. The Morgan fingerprint density at radius 3 is 2.65 bits per heavy atom. The number of rotatable bonds is 4. The molecule has 2 bridgehead atoms. The first-order valence-electron chi connectivity index (χ1n) is 9.71. The van der Waals surface area contributed by atoms with Gasteiger partial charge in [0, 0.05) is 25.0 Å². The molecule has 6 heteroatoms. The molecule has 3 atom stereocenters. The highest BCUT2D eigenvalue weighted by Gasteiger charge is 2.36. The number of carbonyl (C=O) groups excluding carboxylic acids is 2. The van der Waals surface area contributed by atoms with E-state index >= 15 is 0 Å². The largest absolute Gasteiger partial charge is 0.344 e. The Balaban J connectivity index is 1.36. The minimum Gasteiger partial charge on any atom is -0.344 e. The van der Waals surface area contributed by atoms with Gasteiger partial charge in [-0.1, -0.05) is 23.7 Å². The molecule has 3 unspecified atom stereocenters. The summed E-state index contributed by atoms with van der Waals surface area (Å²) in [7, 11) is 0. The Kier molecular flexibility index (Phi) is 5.18. The van der Waals surface area contributed by atoms with Crippen LogP contribution in [0.15, 0.2) is 24.3 Å². The topological polar surface area (TPSA) is 61.4 Å². The van der Waals surface area contributed by atoms with Crippen molar-refractivity contribution in [3.05, 3.63) is 29.3 Å². The summed E-state index contributed by atoms with van der Waals surface area (Å²) in [5, 5.41) is 7.17. The lowest BCUT2D eigenvalue weighted by Gasteiger charge is -2.34. The molecule has 0 saturated carbocycles. The van der Waals surface area contributed by atoms with Gasteiger partial charge in [-0.3, -0.25) is 9.59 Å². The number of para-hydroxylation sites is 1. The minimum absolute atomic E-state index is 0.00987. The summed E-state index contributed by atoms with van der Waals surface area (Å²) in [4.78, 5) is 27.1. The van der Waals surface area contributed by atoms with Crippen LogP contribution in [0, 0.1) is 5.92 Å².